The van der Waals surface area contributed by atoms with Crippen molar-refractivity contribution in [3.63, 3.8) is 0 Å². The monoisotopic (exact) mass is 465 g/mol. The Hall–Kier alpha value is -2.99. The highest BCUT2D eigenvalue weighted by Crippen LogP contribution is 2.31. The van der Waals surface area contributed by atoms with Crippen LogP contribution in [0.4, 0.5) is 0 Å². The first-order chi connectivity index (χ1) is 16.2. The molecule has 0 atom stereocenters. The Kier molecular flexibility index (Phi) is 7.89. The highest BCUT2D eigenvalue weighted by Gasteiger charge is 2.28. The van der Waals surface area contributed by atoms with Crippen LogP contribution in [0.2, 0.25) is 0 Å². The fourth-order valence-corrected chi connectivity index (χ4v) is 5.06. The van der Waals surface area contributed by atoms with Crippen LogP contribution in [0.5, 0.6) is 17.2 Å². The lowest BCUT2D eigenvalue weighted by Gasteiger charge is -2.29. The molecular formula is C27H31NO4S. The van der Waals surface area contributed by atoms with Crippen molar-refractivity contribution in [1.29, 1.82) is 0 Å². The van der Waals surface area contributed by atoms with Crippen molar-refractivity contribution in [2.45, 2.75) is 44.7 Å². The normalized spacial score (nSPS) is 13.6. The minimum Gasteiger partial charge on any atom is -0.493 e. The van der Waals surface area contributed by atoms with E-state index in [2.05, 4.69) is 29.6 Å². The predicted octanol–water partition coefficient (Wildman–Crippen LogP) is 5.97. The summed E-state index contributed by atoms with van der Waals surface area (Å²) < 4.78 is 16.8. The Bertz CT molecular complexity index is 1040. The number of methoxy groups -OCH3 is 2. The van der Waals surface area contributed by atoms with Crippen molar-refractivity contribution in [2.75, 3.05) is 20.8 Å². The first-order valence-corrected chi connectivity index (χ1v) is 12.3. The number of benzene rings is 2. The second-order valence-electron chi connectivity index (χ2n) is 8.27. The SMILES string of the molecule is COc1ccc(C(=O)N(Cc2cccc(OCCc3cccs3)c2)C2CCCC2)cc1OC. The molecule has 1 aliphatic rings. The van der Waals surface area contributed by atoms with Crippen LogP contribution in [0.15, 0.2) is 60.0 Å². The number of nitrogens with zero attached hydrogens (tertiary/aromatic N) is 1. The molecule has 0 unspecified atom stereocenters. The summed E-state index contributed by atoms with van der Waals surface area (Å²) in [6.07, 6.45) is 5.29. The number of rotatable bonds is 10. The van der Waals surface area contributed by atoms with Crippen molar-refractivity contribution >= 4 is 17.2 Å². The van der Waals surface area contributed by atoms with Crippen LogP contribution in [-0.2, 0) is 13.0 Å². The van der Waals surface area contributed by atoms with Crippen molar-refractivity contribution < 1.29 is 19.0 Å². The van der Waals surface area contributed by atoms with Gasteiger partial charge < -0.3 is 19.1 Å². The lowest BCUT2D eigenvalue weighted by molar-refractivity contribution is 0.0664. The Morgan fingerprint density at radius 3 is 2.55 bits per heavy atom. The predicted molar refractivity (Wildman–Crippen MR) is 132 cm³/mol. The van der Waals surface area contributed by atoms with Gasteiger partial charge in [-0.05, 0) is 60.2 Å². The van der Waals surface area contributed by atoms with Crippen molar-refractivity contribution in [1.82, 2.24) is 4.90 Å². The third kappa shape index (κ3) is 5.88. The van der Waals surface area contributed by atoms with Crippen LogP contribution >= 0.6 is 11.3 Å². The molecule has 2 aromatic carbocycles. The fraction of sp³-hybridized carbons (Fsp3) is 0.370. The lowest BCUT2D eigenvalue weighted by atomic mass is 10.1. The summed E-state index contributed by atoms with van der Waals surface area (Å²) in [7, 11) is 3.18. The number of carbonyl (C=O) groups is 1. The number of carbonyl (C=O) groups excluding carboxylic acids is 1. The average molecular weight is 466 g/mol. The smallest absolute Gasteiger partial charge is 0.254 e. The first-order valence-electron chi connectivity index (χ1n) is 11.4. The minimum atomic E-state index is 0.0202. The largest absolute Gasteiger partial charge is 0.493 e. The Balaban J connectivity index is 1.49. The van der Waals surface area contributed by atoms with E-state index in [1.807, 2.05) is 23.1 Å². The van der Waals surface area contributed by atoms with Gasteiger partial charge in [0, 0.05) is 29.4 Å². The van der Waals surface area contributed by atoms with Gasteiger partial charge in [0.2, 0.25) is 0 Å². The van der Waals surface area contributed by atoms with Gasteiger partial charge in [0.15, 0.2) is 11.5 Å². The van der Waals surface area contributed by atoms with Crippen LogP contribution in [0, 0.1) is 0 Å². The zero-order valence-corrected chi connectivity index (χ0v) is 20.1. The maximum atomic E-state index is 13.6. The van der Waals surface area contributed by atoms with Crippen LogP contribution in [0.25, 0.3) is 0 Å². The van der Waals surface area contributed by atoms with Gasteiger partial charge >= 0.3 is 0 Å². The molecule has 1 saturated carbocycles. The molecule has 1 aromatic heterocycles. The van der Waals surface area contributed by atoms with E-state index >= 15 is 0 Å². The Morgan fingerprint density at radius 1 is 1.00 bits per heavy atom. The Morgan fingerprint density at radius 2 is 1.82 bits per heavy atom. The van der Waals surface area contributed by atoms with Gasteiger partial charge in [-0.25, -0.2) is 0 Å². The van der Waals surface area contributed by atoms with Crippen LogP contribution in [0.3, 0.4) is 0 Å². The zero-order chi connectivity index (χ0) is 23.0. The van der Waals surface area contributed by atoms with E-state index in [0.717, 1.165) is 43.4 Å². The number of hydrogen-bond donors (Lipinski definition) is 0. The number of ether oxygens (including phenoxy) is 3. The molecule has 174 valence electrons. The second-order valence-corrected chi connectivity index (χ2v) is 9.30. The molecule has 4 rings (SSSR count). The lowest BCUT2D eigenvalue weighted by Crippen LogP contribution is -2.38. The molecule has 0 radical (unpaired) electrons. The molecule has 1 heterocycles. The summed E-state index contributed by atoms with van der Waals surface area (Å²) in [5, 5.41) is 2.09. The van der Waals surface area contributed by atoms with Gasteiger partial charge in [-0.1, -0.05) is 31.0 Å². The highest BCUT2D eigenvalue weighted by atomic mass is 32.1. The molecule has 3 aromatic rings. The summed E-state index contributed by atoms with van der Waals surface area (Å²) in [5.41, 5.74) is 1.69. The van der Waals surface area contributed by atoms with E-state index in [1.165, 1.54) is 4.88 Å². The molecule has 0 N–H and O–H groups in total. The van der Waals surface area contributed by atoms with Crippen molar-refractivity contribution in [3.05, 3.63) is 76.0 Å². The summed E-state index contributed by atoms with van der Waals surface area (Å²) >= 11 is 1.75. The van der Waals surface area contributed by atoms with Gasteiger partial charge in [-0.15, -0.1) is 11.3 Å². The third-order valence-corrected chi connectivity index (χ3v) is 7.04. The molecule has 5 nitrogen and oxygen atoms in total. The molecule has 0 spiro atoms. The topological polar surface area (TPSA) is 48.0 Å². The molecule has 0 saturated heterocycles. The van der Waals surface area contributed by atoms with E-state index in [9.17, 15) is 4.79 Å². The van der Waals surface area contributed by atoms with E-state index in [4.69, 9.17) is 14.2 Å². The highest BCUT2D eigenvalue weighted by molar-refractivity contribution is 7.09. The van der Waals surface area contributed by atoms with Gasteiger partial charge in [0.1, 0.15) is 5.75 Å². The third-order valence-electron chi connectivity index (χ3n) is 6.11. The average Bonchev–Trinajstić information content (AvgIpc) is 3.57. The first kappa shape index (κ1) is 23.2. The zero-order valence-electron chi connectivity index (χ0n) is 19.3. The van der Waals surface area contributed by atoms with Gasteiger partial charge in [0.05, 0.1) is 20.8 Å². The molecular weight excluding hydrogens is 434 g/mol. The molecule has 1 fully saturated rings. The number of amides is 1. The van der Waals surface area contributed by atoms with Crippen LogP contribution in [0.1, 0.15) is 46.5 Å². The van der Waals surface area contributed by atoms with E-state index in [1.54, 1.807) is 37.7 Å². The molecule has 1 amide bonds. The standard InChI is InChI=1S/C27H31NO4S/c1-30-25-13-12-21(18-26(25)31-2)27(29)28(22-8-3-4-9-22)19-20-7-5-10-23(17-20)32-15-14-24-11-6-16-33-24/h5-7,10-13,16-18,22H,3-4,8-9,14-15,19H2,1-2H3. The maximum absolute atomic E-state index is 13.6. The minimum absolute atomic E-state index is 0.0202. The Labute approximate surface area is 199 Å². The summed E-state index contributed by atoms with van der Waals surface area (Å²) in [4.78, 5) is 16.9. The van der Waals surface area contributed by atoms with Crippen molar-refractivity contribution in [2.24, 2.45) is 0 Å². The number of thiophene rings is 1. The molecule has 0 aliphatic heterocycles. The van der Waals surface area contributed by atoms with E-state index in [0.29, 0.717) is 30.2 Å². The number of hydrogen-bond acceptors (Lipinski definition) is 5. The fourth-order valence-electron chi connectivity index (χ4n) is 4.37. The van der Waals surface area contributed by atoms with E-state index < -0.39 is 0 Å². The summed E-state index contributed by atoms with van der Waals surface area (Å²) in [5.74, 6) is 2.05. The van der Waals surface area contributed by atoms with Crippen LogP contribution in [-0.4, -0.2) is 37.7 Å². The van der Waals surface area contributed by atoms with Gasteiger partial charge in [-0.3, -0.25) is 4.79 Å². The van der Waals surface area contributed by atoms with E-state index in [-0.39, 0.29) is 11.9 Å². The molecule has 0 bridgehead atoms. The molecule has 6 heteroatoms. The maximum Gasteiger partial charge on any atom is 0.254 e. The molecule has 33 heavy (non-hydrogen) atoms. The quantitative estimate of drug-likeness (QED) is 0.370. The van der Waals surface area contributed by atoms with Gasteiger partial charge in [0.25, 0.3) is 5.91 Å². The van der Waals surface area contributed by atoms with Gasteiger partial charge in [-0.2, -0.15) is 0 Å². The second kappa shape index (κ2) is 11.2. The summed E-state index contributed by atoms with van der Waals surface area (Å²) in [6, 6.07) is 17.9. The van der Waals surface area contributed by atoms with Crippen LogP contribution < -0.4 is 14.2 Å². The molecule has 1 aliphatic carbocycles. The summed E-state index contributed by atoms with van der Waals surface area (Å²) in [6.45, 7) is 1.20. The van der Waals surface area contributed by atoms with Crippen molar-refractivity contribution in [3.8, 4) is 17.2 Å².